The highest BCUT2D eigenvalue weighted by atomic mass is 16.5. The Bertz CT molecular complexity index is 557. The molecule has 39 heavy (non-hydrogen) atoms. The predicted octanol–water partition coefficient (Wildman–Crippen LogP) is 11.4. The zero-order valence-corrected chi connectivity index (χ0v) is 26.2. The molecule has 0 spiro atoms. The maximum Gasteiger partial charge on any atom is 0.307 e. The summed E-state index contributed by atoms with van der Waals surface area (Å²) in [5.41, 5.74) is 0. The predicted molar refractivity (Wildman–Crippen MR) is 167 cm³/mol. The second kappa shape index (κ2) is 31.2. The largest absolute Gasteiger partial charge is 0.481 e. The average Bonchev–Trinajstić information content (AvgIpc) is 2.93. The highest BCUT2D eigenvalue weighted by Gasteiger charge is 2.21. The van der Waals surface area contributed by atoms with Crippen LogP contribution in [0, 0.1) is 5.92 Å². The van der Waals surface area contributed by atoms with Gasteiger partial charge in [0.2, 0.25) is 0 Å². The first kappa shape index (κ1) is 37.7. The van der Waals surface area contributed by atoms with Crippen LogP contribution in [0.1, 0.15) is 187 Å². The fraction of sp³-hybridized carbons (Fsp3) is 0.886. The summed E-state index contributed by atoms with van der Waals surface area (Å²) in [5.74, 6) is -1.85. The molecule has 1 N–H and O–H groups in total. The summed E-state index contributed by atoms with van der Waals surface area (Å²) in [5, 5.41) is 9.33. The van der Waals surface area contributed by atoms with Gasteiger partial charge in [-0.1, -0.05) is 154 Å². The van der Waals surface area contributed by atoms with Crippen LogP contribution in [0.3, 0.4) is 0 Å². The van der Waals surface area contributed by atoms with E-state index in [0.717, 1.165) is 19.3 Å². The lowest BCUT2D eigenvalue weighted by Gasteiger charge is -2.11. The van der Waals surface area contributed by atoms with Crippen molar-refractivity contribution in [3.8, 4) is 0 Å². The van der Waals surface area contributed by atoms with E-state index >= 15 is 0 Å². The molecule has 0 radical (unpaired) electrons. The van der Waals surface area contributed by atoms with Crippen molar-refractivity contribution < 1.29 is 19.4 Å². The number of carboxylic acid groups (broad SMARTS) is 1. The quantitative estimate of drug-likeness (QED) is 0.0529. The lowest BCUT2D eigenvalue weighted by Crippen LogP contribution is -2.19. The molecule has 1 atom stereocenters. The summed E-state index contributed by atoms with van der Waals surface area (Å²) in [6, 6.07) is 0. The third-order valence-electron chi connectivity index (χ3n) is 7.79. The summed E-state index contributed by atoms with van der Waals surface area (Å²) < 4.78 is 5.03. The summed E-state index contributed by atoms with van der Waals surface area (Å²) in [6.07, 6.45) is 38.0. The Kier molecular flexibility index (Phi) is 30.2. The van der Waals surface area contributed by atoms with Crippen molar-refractivity contribution in [2.75, 3.05) is 6.61 Å². The number of ether oxygens (including phenoxy) is 1. The Labute approximate surface area is 243 Å². The SMILES string of the molecule is CCCCCCCCC/C=C/CCCCCCCCCCCCCCCCCC(CC(=O)OCCC)C(=O)O. The molecule has 0 bridgehead atoms. The van der Waals surface area contributed by atoms with Gasteiger partial charge in [0.1, 0.15) is 0 Å². The summed E-state index contributed by atoms with van der Waals surface area (Å²) in [6.45, 7) is 4.59. The van der Waals surface area contributed by atoms with Gasteiger partial charge in [-0.3, -0.25) is 9.59 Å². The average molecular weight is 551 g/mol. The number of carbonyl (C=O) groups is 2. The topological polar surface area (TPSA) is 63.6 Å². The Balaban J connectivity index is 3.31. The van der Waals surface area contributed by atoms with Gasteiger partial charge in [-0.05, 0) is 38.5 Å². The van der Waals surface area contributed by atoms with Crippen molar-refractivity contribution in [1.82, 2.24) is 0 Å². The smallest absolute Gasteiger partial charge is 0.307 e. The lowest BCUT2D eigenvalue weighted by molar-refractivity contribution is -0.151. The zero-order valence-electron chi connectivity index (χ0n) is 26.2. The molecule has 4 heteroatoms. The first-order chi connectivity index (χ1) is 19.1. The minimum absolute atomic E-state index is 0.00632. The summed E-state index contributed by atoms with van der Waals surface area (Å²) in [4.78, 5) is 23.0. The molecule has 0 aliphatic heterocycles. The fourth-order valence-electron chi connectivity index (χ4n) is 5.19. The Morgan fingerprint density at radius 3 is 1.33 bits per heavy atom. The highest BCUT2D eigenvalue weighted by molar-refractivity contribution is 5.78. The minimum Gasteiger partial charge on any atom is -0.481 e. The van der Waals surface area contributed by atoms with Gasteiger partial charge >= 0.3 is 11.9 Å². The molecular weight excluding hydrogens is 484 g/mol. The Morgan fingerprint density at radius 2 is 0.949 bits per heavy atom. The van der Waals surface area contributed by atoms with E-state index in [0.29, 0.717) is 13.0 Å². The fourth-order valence-corrected chi connectivity index (χ4v) is 5.19. The maximum atomic E-state index is 11.7. The van der Waals surface area contributed by atoms with Crippen LogP contribution in [0.4, 0.5) is 0 Å². The van der Waals surface area contributed by atoms with E-state index in [9.17, 15) is 14.7 Å². The van der Waals surface area contributed by atoms with Crippen molar-refractivity contribution in [3.63, 3.8) is 0 Å². The molecule has 0 fully saturated rings. The van der Waals surface area contributed by atoms with Crippen molar-refractivity contribution in [1.29, 1.82) is 0 Å². The number of carboxylic acids is 1. The highest BCUT2D eigenvalue weighted by Crippen LogP contribution is 2.18. The van der Waals surface area contributed by atoms with Gasteiger partial charge in [-0.2, -0.15) is 0 Å². The second-order valence-corrected chi connectivity index (χ2v) is 11.7. The van der Waals surface area contributed by atoms with Gasteiger partial charge in [0.15, 0.2) is 0 Å². The van der Waals surface area contributed by atoms with Crippen LogP contribution in [0.2, 0.25) is 0 Å². The van der Waals surface area contributed by atoms with Crippen LogP contribution in [0.25, 0.3) is 0 Å². The van der Waals surface area contributed by atoms with E-state index in [4.69, 9.17) is 4.74 Å². The van der Waals surface area contributed by atoms with Gasteiger partial charge in [0.05, 0.1) is 18.9 Å². The van der Waals surface area contributed by atoms with Crippen LogP contribution in [-0.4, -0.2) is 23.7 Å². The molecule has 0 aliphatic rings. The number of hydrogen-bond acceptors (Lipinski definition) is 3. The van der Waals surface area contributed by atoms with Crippen LogP contribution >= 0.6 is 0 Å². The van der Waals surface area contributed by atoms with E-state index in [1.165, 1.54) is 141 Å². The van der Waals surface area contributed by atoms with Gasteiger partial charge in [0, 0.05) is 0 Å². The molecule has 1 unspecified atom stereocenters. The molecule has 0 aromatic rings. The normalized spacial score (nSPS) is 12.3. The lowest BCUT2D eigenvalue weighted by atomic mass is 9.97. The maximum absolute atomic E-state index is 11.7. The van der Waals surface area contributed by atoms with E-state index in [1.54, 1.807) is 0 Å². The molecular formula is C35H66O4. The number of aliphatic carboxylic acids is 1. The van der Waals surface area contributed by atoms with E-state index in [-0.39, 0.29) is 12.4 Å². The third-order valence-corrected chi connectivity index (χ3v) is 7.79. The molecule has 0 amide bonds. The van der Waals surface area contributed by atoms with E-state index in [2.05, 4.69) is 19.1 Å². The monoisotopic (exact) mass is 550 g/mol. The molecule has 0 saturated carbocycles. The van der Waals surface area contributed by atoms with Gasteiger partial charge < -0.3 is 9.84 Å². The molecule has 0 aromatic heterocycles. The summed E-state index contributed by atoms with van der Waals surface area (Å²) >= 11 is 0. The van der Waals surface area contributed by atoms with E-state index in [1.807, 2.05) is 6.92 Å². The van der Waals surface area contributed by atoms with Gasteiger partial charge in [-0.15, -0.1) is 0 Å². The summed E-state index contributed by atoms with van der Waals surface area (Å²) in [7, 11) is 0. The van der Waals surface area contributed by atoms with Crippen molar-refractivity contribution in [2.24, 2.45) is 5.92 Å². The van der Waals surface area contributed by atoms with Crippen LogP contribution in [-0.2, 0) is 14.3 Å². The molecule has 0 saturated heterocycles. The molecule has 0 aliphatic carbocycles. The van der Waals surface area contributed by atoms with Gasteiger partial charge in [0.25, 0.3) is 0 Å². The standard InChI is InChI=1S/C35H66O4/c1-3-5-6-7-8-9-10-11-12-13-14-15-16-17-18-19-20-21-22-23-24-25-26-27-28-29-30-33(35(37)38)32-34(36)39-31-4-2/h12-13,33H,3-11,14-32H2,1-2H3,(H,37,38)/b13-12+. The van der Waals surface area contributed by atoms with Crippen molar-refractivity contribution in [2.45, 2.75) is 187 Å². The number of allylic oxidation sites excluding steroid dienone is 2. The molecule has 4 nitrogen and oxygen atoms in total. The number of esters is 1. The third kappa shape index (κ3) is 29.5. The number of carbonyl (C=O) groups excluding carboxylic acids is 1. The van der Waals surface area contributed by atoms with Crippen LogP contribution in [0.15, 0.2) is 12.2 Å². The minimum atomic E-state index is -0.875. The Morgan fingerprint density at radius 1 is 0.564 bits per heavy atom. The first-order valence-corrected chi connectivity index (χ1v) is 17.1. The second-order valence-electron chi connectivity index (χ2n) is 11.7. The molecule has 230 valence electrons. The molecule has 0 heterocycles. The zero-order chi connectivity index (χ0) is 28.7. The van der Waals surface area contributed by atoms with Crippen LogP contribution in [0.5, 0.6) is 0 Å². The van der Waals surface area contributed by atoms with Gasteiger partial charge in [-0.25, -0.2) is 0 Å². The number of hydrogen-bond donors (Lipinski definition) is 1. The van der Waals surface area contributed by atoms with Crippen molar-refractivity contribution in [3.05, 3.63) is 12.2 Å². The van der Waals surface area contributed by atoms with Crippen molar-refractivity contribution >= 4 is 11.9 Å². The number of rotatable bonds is 31. The Hall–Kier alpha value is -1.32. The van der Waals surface area contributed by atoms with Crippen LogP contribution < -0.4 is 0 Å². The molecule has 0 rings (SSSR count). The van der Waals surface area contributed by atoms with E-state index < -0.39 is 11.9 Å². The first-order valence-electron chi connectivity index (χ1n) is 17.1. The number of unbranched alkanes of at least 4 members (excludes halogenated alkanes) is 22. The molecule has 0 aromatic carbocycles.